The molecule has 3 heterocycles. The first kappa shape index (κ1) is 23.9. The van der Waals surface area contributed by atoms with Crippen LogP contribution in [0.15, 0.2) is 48.8 Å². The second-order valence-corrected chi connectivity index (χ2v) is 15.6. The fourth-order valence-electron chi connectivity index (χ4n) is 4.00. The van der Waals surface area contributed by atoms with Gasteiger partial charge < -0.3 is 4.74 Å². The Balaban J connectivity index is 1.85. The molecule has 0 N–H and O–H groups in total. The Bertz CT molecular complexity index is 1340. The van der Waals surface area contributed by atoms with Crippen LogP contribution in [0.1, 0.15) is 31.2 Å². The normalized spacial score (nSPS) is 11.9. The van der Waals surface area contributed by atoms with Crippen molar-refractivity contribution in [1.29, 1.82) is 5.26 Å². The van der Waals surface area contributed by atoms with E-state index in [0.717, 1.165) is 34.1 Å². The Morgan fingerprint density at radius 3 is 2.44 bits per heavy atom. The quantitative estimate of drug-likeness (QED) is 0.221. The summed E-state index contributed by atoms with van der Waals surface area (Å²) in [5, 5.41) is 14.4. The molecular formula is C26H30FN5OSi. The number of hydrogen-bond acceptors (Lipinski definition) is 4. The number of fused-ring (bicyclic) bond motifs is 1. The predicted molar refractivity (Wildman–Crippen MR) is 135 cm³/mol. The summed E-state index contributed by atoms with van der Waals surface area (Å²) in [6.07, 6.45) is 3.49. The minimum Gasteiger partial charge on any atom is -0.360 e. The van der Waals surface area contributed by atoms with Crippen molar-refractivity contribution in [2.75, 3.05) is 6.61 Å². The fourth-order valence-corrected chi connectivity index (χ4v) is 4.75. The smallest absolute Gasteiger partial charge is 0.144 e. The highest BCUT2D eigenvalue weighted by Crippen LogP contribution is 2.38. The molecule has 4 aromatic rings. The molecule has 0 aliphatic heterocycles. The van der Waals surface area contributed by atoms with E-state index in [2.05, 4.69) is 44.5 Å². The maximum Gasteiger partial charge on any atom is 0.144 e. The van der Waals surface area contributed by atoms with E-state index < -0.39 is 8.07 Å². The minimum atomic E-state index is -1.20. The van der Waals surface area contributed by atoms with E-state index in [1.165, 1.54) is 12.1 Å². The number of halogens is 1. The van der Waals surface area contributed by atoms with Crippen LogP contribution in [0.5, 0.6) is 0 Å². The number of ether oxygens (including phenoxy) is 1. The third kappa shape index (κ3) is 4.96. The van der Waals surface area contributed by atoms with Crippen LogP contribution in [0.3, 0.4) is 0 Å². The van der Waals surface area contributed by atoms with Gasteiger partial charge in [0.25, 0.3) is 0 Å². The number of nitrogens with zero attached hydrogens (tertiary/aromatic N) is 5. The lowest BCUT2D eigenvalue weighted by molar-refractivity contribution is 0.0761. The molecule has 8 heteroatoms. The topological polar surface area (TPSA) is 68.1 Å². The van der Waals surface area contributed by atoms with Crippen molar-refractivity contribution in [2.45, 2.75) is 52.2 Å². The average molecular weight is 476 g/mol. The number of benzene rings is 1. The van der Waals surface area contributed by atoms with Gasteiger partial charge in [-0.15, -0.1) is 0 Å². The van der Waals surface area contributed by atoms with Gasteiger partial charge in [-0.05, 0) is 48.4 Å². The van der Waals surface area contributed by atoms with Crippen molar-refractivity contribution >= 4 is 13.7 Å². The molecule has 0 atom stereocenters. The second-order valence-electron chi connectivity index (χ2n) is 10.0. The molecule has 0 fully saturated rings. The molecule has 4 rings (SSSR count). The maximum atomic E-state index is 13.7. The number of pyridine rings is 1. The lowest BCUT2D eigenvalue weighted by Gasteiger charge is -2.17. The molecule has 176 valence electrons. The standard InChI is InChI=1S/C26H30FN5OSi/c1-18(2)26-24(20-8-11-23-29-15-22(14-28)31(23)16-20)25(19-6-9-21(27)10-7-19)30-32(26)17-33-12-13-34(3,4)5/h6-11,15-16,18H,12-13,17H2,1-5H3. The molecule has 0 spiro atoms. The number of aromatic nitrogens is 4. The third-order valence-corrected chi connectivity index (χ3v) is 7.48. The van der Waals surface area contributed by atoms with Crippen LogP contribution >= 0.6 is 0 Å². The van der Waals surface area contributed by atoms with Crippen molar-refractivity contribution in [3.63, 3.8) is 0 Å². The molecular weight excluding hydrogens is 445 g/mol. The Labute approximate surface area is 200 Å². The summed E-state index contributed by atoms with van der Waals surface area (Å²) in [4.78, 5) is 4.31. The van der Waals surface area contributed by atoms with Gasteiger partial charge in [-0.2, -0.15) is 10.4 Å². The van der Waals surface area contributed by atoms with Crippen molar-refractivity contribution < 1.29 is 9.13 Å². The number of nitriles is 1. The van der Waals surface area contributed by atoms with Crippen LogP contribution in [-0.4, -0.2) is 33.8 Å². The second kappa shape index (κ2) is 9.53. The monoisotopic (exact) mass is 475 g/mol. The summed E-state index contributed by atoms with van der Waals surface area (Å²) in [5.41, 5.74) is 5.66. The molecule has 0 aliphatic carbocycles. The van der Waals surface area contributed by atoms with Crippen LogP contribution < -0.4 is 0 Å². The van der Waals surface area contributed by atoms with Crippen molar-refractivity contribution in [3.05, 3.63) is 66.0 Å². The lowest BCUT2D eigenvalue weighted by Crippen LogP contribution is -2.22. The Morgan fingerprint density at radius 2 is 1.79 bits per heavy atom. The van der Waals surface area contributed by atoms with E-state index in [1.54, 1.807) is 22.7 Å². The highest BCUT2D eigenvalue weighted by molar-refractivity contribution is 6.76. The van der Waals surface area contributed by atoms with Gasteiger partial charge in [0, 0.05) is 37.6 Å². The van der Waals surface area contributed by atoms with E-state index in [-0.39, 0.29) is 11.7 Å². The summed E-state index contributed by atoms with van der Waals surface area (Å²) in [6, 6.07) is 13.6. The first-order valence-electron chi connectivity index (χ1n) is 11.5. The zero-order valence-electron chi connectivity index (χ0n) is 20.3. The summed E-state index contributed by atoms with van der Waals surface area (Å²) >= 11 is 0. The van der Waals surface area contributed by atoms with Gasteiger partial charge in [0.2, 0.25) is 0 Å². The lowest BCUT2D eigenvalue weighted by atomic mass is 9.95. The summed E-state index contributed by atoms with van der Waals surface area (Å²) in [5.74, 6) is -0.131. The van der Waals surface area contributed by atoms with E-state index in [1.807, 2.05) is 23.0 Å². The third-order valence-electron chi connectivity index (χ3n) is 5.78. The summed E-state index contributed by atoms with van der Waals surface area (Å²) in [6.45, 7) is 12.3. The molecule has 0 bridgehead atoms. The van der Waals surface area contributed by atoms with Gasteiger partial charge >= 0.3 is 0 Å². The molecule has 6 nitrogen and oxygen atoms in total. The maximum absolute atomic E-state index is 13.7. The molecule has 0 saturated carbocycles. The van der Waals surface area contributed by atoms with Crippen molar-refractivity contribution in [3.8, 4) is 28.5 Å². The SMILES string of the molecule is CC(C)c1c(-c2ccc3ncc(C#N)n3c2)c(-c2ccc(F)cc2)nn1COCC[Si](C)(C)C. The van der Waals surface area contributed by atoms with Crippen LogP contribution in [-0.2, 0) is 11.5 Å². The van der Waals surface area contributed by atoms with Gasteiger partial charge in [-0.3, -0.25) is 4.40 Å². The molecule has 34 heavy (non-hydrogen) atoms. The van der Waals surface area contributed by atoms with E-state index in [9.17, 15) is 9.65 Å². The van der Waals surface area contributed by atoms with E-state index in [4.69, 9.17) is 9.84 Å². The Hall–Kier alpha value is -3.28. The fraction of sp³-hybridized carbons (Fsp3) is 0.346. The molecule has 0 amide bonds. The zero-order chi connectivity index (χ0) is 24.5. The van der Waals surface area contributed by atoms with Gasteiger partial charge in [0.15, 0.2) is 0 Å². The molecule has 3 aromatic heterocycles. The molecule has 1 aromatic carbocycles. The first-order valence-corrected chi connectivity index (χ1v) is 15.2. The summed E-state index contributed by atoms with van der Waals surface area (Å²) < 4.78 is 23.4. The van der Waals surface area contributed by atoms with E-state index >= 15 is 0 Å². The number of rotatable bonds is 8. The van der Waals surface area contributed by atoms with Gasteiger partial charge in [0.1, 0.15) is 35.7 Å². The Kier molecular flexibility index (Phi) is 6.69. The first-order chi connectivity index (χ1) is 16.2. The molecule has 0 aliphatic rings. The van der Waals surface area contributed by atoms with Gasteiger partial charge in [-0.1, -0.05) is 33.5 Å². The van der Waals surface area contributed by atoms with Crippen molar-refractivity contribution in [1.82, 2.24) is 19.2 Å². The largest absolute Gasteiger partial charge is 0.360 e. The molecule has 0 radical (unpaired) electrons. The van der Waals surface area contributed by atoms with Gasteiger partial charge in [-0.25, -0.2) is 14.1 Å². The highest BCUT2D eigenvalue weighted by Gasteiger charge is 2.24. The van der Waals surface area contributed by atoms with Crippen LogP contribution in [0.25, 0.3) is 28.0 Å². The minimum absolute atomic E-state index is 0.159. The number of imidazole rings is 1. The van der Waals surface area contributed by atoms with Gasteiger partial charge in [0.05, 0.1) is 11.9 Å². The highest BCUT2D eigenvalue weighted by atomic mass is 28.3. The Morgan fingerprint density at radius 1 is 1.09 bits per heavy atom. The summed E-state index contributed by atoms with van der Waals surface area (Å²) in [7, 11) is -1.20. The average Bonchev–Trinajstić information content (AvgIpc) is 3.37. The van der Waals surface area contributed by atoms with E-state index in [0.29, 0.717) is 24.7 Å². The predicted octanol–water partition coefficient (Wildman–Crippen LogP) is 6.31. The number of hydrogen-bond donors (Lipinski definition) is 0. The molecule has 0 saturated heterocycles. The zero-order valence-corrected chi connectivity index (χ0v) is 21.3. The van der Waals surface area contributed by atoms with Crippen molar-refractivity contribution in [2.24, 2.45) is 0 Å². The van der Waals surface area contributed by atoms with Crippen LogP contribution in [0.4, 0.5) is 4.39 Å². The molecule has 0 unspecified atom stereocenters. The van der Waals surface area contributed by atoms with Crippen LogP contribution in [0.2, 0.25) is 25.7 Å². The van der Waals surface area contributed by atoms with Crippen LogP contribution in [0, 0.1) is 17.1 Å².